The lowest BCUT2D eigenvalue weighted by Gasteiger charge is -2.14. The van der Waals surface area contributed by atoms with Crippen molar-refractivity contribution in [1.82, 2.24) is 4.98 Å². The zero-order valence-corrected chi connectivity index (χ0v) is 14.0. The average Bonchev–Trinajstić information content (AvgIpc) is 2.94. The summed E-state index contributed by atoms with van der Waals surface area (Å²) in [5.74, 6) is -0.945. The van der Waals surface area contributed by atoms with Crippen molar-refractivity contribution in [3.63, 3.8) is 0 Å². The highest BCUT2D eigenvalue weighted by Gasteiger charge is 2.35. The highest BCUT2D eigenvalue weighted by Crippen LogP contribution is 2.32. The van der Waals surface area contributed by atoms with Gasteiger partial charge >= 0.3 is 0 Å². The molecule has 0 aliphatic carbocycles. The number of hydrogen-bond donors (Lipinski definition) is 0. The predicted molar refractivity (Wildman–Crippen MR) is 102 cm³/mol. The first kappa shape index (κ1) is 16.0. The number of aromatic nitrogens is 1. The molecule has 4 heteroatoms. The van der Waals surface area contributed by atoms with Gasteiger partial charge in [-0.3, -0.25) is 14.6 Å². The van der Waals surface area contributed by atoms with E-state index in [1.165, 1.54) is 4.90 Å². The first-order valence-electron chi connectivity index (χ1n) is 8.36. The topological polar surface area (TPSA) is 50.3 Å². The van der Waals surface area contributed by atoms with Gasteiger partial charge in [0.2, 0.25) is 0 Å². The number of carbonyl (C=O) groups excluding carboxylic acids is 2. The molecule has 0 fully saturated rings. The maximum atomic E-state index is 12.4. The van der Waals surface area contributed by atoms with E-state index in [2.05, 4.69) is 4.98 Å². The molecule has 1 aliphatic rings. The molecule has 1 amide bonds. The molecule has 0 saturated heterocycles. The van der Waals surface area contributed by atoms with Crippen LogP contribution in [-0.2, 0) is 4.79 Å². The number of carbonyl (C=O) groups is 2. The number of amides is 1. The third-order valence-corrected chi connectivity index (χ3v) is 4.36. The number of benzene rings is 2. The molecule has 0 N–H and O–H groups in total. The van der Waals surface area contributed by atoms with E-state index >= 15 is 0 Å². The molecule has 26 heavy (non-hydrogen) atoms. The fraction of sp³-hybridized carbons (Fsp3) is 0.0455. The van der Waals surface area contributed by atoms with Crippen LogP contribution in [0.15, 0.2) is 79.1 Å². The van der Waals surface area contributed by atoms with E-state index in [9.17, 15) is 9.59 Å². The van der Waals surface area contributed by atoms with E-state index in [-0.39, 0.29) is 0 Å². The fourth-order valence-corrected chi connectivity index (χ4v) is 3.05. The van der Waals surface area contributed by atoms with Crippen LogP contribution in [0.4, 0.5) is 5.69 Å². The van der Waals surface area contributed by atoms with Crippen molar-refractivity contribution < 1.29 is 9.59 Å². The summed E-state index contributed by atoms with van der Waals surface area (Å²) >= 11 is 0. The average molecular weight is 340 g/mol. The SMILES string of the molecule is O=C1C(=O)N(CC=Cc2ccccc2)c2ccc(-c3cccnc3)cc21. The van der Waals surface area contributed by atoms with E-state index in [1.807, 2.05) is 66.7 Å². The Balaban J connectivity index is 1.61. The molecule has 1 aromatic heterocycles. The molecule has 4 nitrogen and oxygen atoms in total. The number of hydrogen-bond acceptors (Lipinski definition) is 3. The van der Waals surface area contributed by atoms with Crippen LogP contribution in [0.2, 0.25) is 0 Å². The lowest BCUT2D eigenvalue weighted by molar-refractivity contribution is -0.114. The van der Waals surface area contributed by atoms with Gasteiger partial charge in [0, 0.05) is 24.5 Å². The number of ketones is 1. The quantitative estimate of drug-likeness (QED) is 0.675. The van der Waals surface area contributed by atoms with Crippen molar-refractivity contribution in [2.75, 3.05) is 11.4 Å². The molecule has 0 radical (unpaired) electrons. The second-order valence-corrected chi connectivity index (χ2v) is 6.03. The molecule has 2 heterocycles. The number of anilines is 1. The molecule has 0 bridgehead atoms. The van der Waals surface area contributed by atoms with Gasteiger partial charge in [0.15, 0.2) is 0 Å². The Morgan fingerprint density at radius 1 is 0.923 bits per heavy atom. The standard InChI is InChI=1S/C22H16N2O2/c25-21-19-14-17(18-9-4-12-23-15-18)10-11-20(19)24(22(21)26)13-5-8-16-6-2-1-3-7-16/h1-12,14-15H,13H2. The van der Waals surface area contributed by atoms with Gasteiger partial charge in [0.25, 0.3) is 11.7 Å². The molecular formula is C22H16N2O2. The van der Waals surface area contributed by atoms with Crippen LogP contribution in [0.1, 0.15) is 15.9 Å². The summed E-state index contributed by atoms with van der Waals surface area (Å²) in [5, 5.41) is 0. The van der Waals surface area contributed by atoms with Crippen molar-refractivity contribution in [3.8, 4) is 11.1 Å². The van der Waals surface area contributed by atoms with Crippen LogP contribution in [0.5, 0.6) is 0 Å². The number of pyridine rings is 1. The summed E-state index contributed by atoms with van der Waals surface area (Å²) in [6, 6.07) is 19.1. The first-order chi connectivity index (χ1) is 12.7. The van der Waals surface area contributed by atoms with Crippen molar-refractivity contribution in [2.24, 2.45) is 0 Å². The van der Waals surface area contributed by atoms with Crippen molar-refractivity contribution in [2.45, 2.75) is 0 Å². The van der Waals surface area contributed by atoms with Gasteiger partial charge < -0.3 is 4.90 Å². The number of fused-ring (bicyclic) bond motifs is 1. The Bertz CT molecular complexity index is 995. The largest absolute Gasteiger partial charge is 0.301 e. The van der Waals surface area contributed by atoms with Crippen LogP contribution in [0.25, 0.3) is 17.2 Å². The van der Waals surface area contributed by atoms with Crippen LogP contribution in [0, 0.1) is 0 Å². The maximum absolute atomic E-state index is 12.4. The van der Waals surface area contributed by atoms with Crippen molar-refractivity contribution in [3.05, 3.63) is 90.3 Å². The van der Waals surface area contributed by atoms with Crippen LogP contribution in [0.3, 0.4) is 0 Å². The summed E-state index contributed by atoms with van der Waals surface area (Å²) in [5.41, 5.74) is 3.95. The van der Waals surface area contributed by atoms with Crippen LogP contribution in [-0.4, -0.2) is 23.2 Å². The van der Waals surface area contributed by atoms with Crippen LogP contribution < -0.4 is 4.90 Å². The summed E-state index contributed by atoms with van der Waals surface area (Å²) < 4.78 is 0. The van der Waals surface area contributed by atoms with E-state index < -0.39 is 11.7 Å². The molecule has 1 aliphatic heterocycles. The Morgan fingerprint density at radius 2 is 1.77 bits per heavy atom. The second kappa shape index (κ2) is 6.76. The normalized spacial score (nSPS) is 13.5. The monoisotopic (exact) mass is 340 g/mol. The Morgan fingerprint density at radius 3 is 2.54 bits per heavy atom. The molecule has 2 aromatic carbocycles. The lowest BCUT2D eigenvalue weighted by Crippen LogP contribution is -2.29. The van der Waals surface area contributed by atoms with Crippen LogP contribution >= 0.6 is 0 Å². The third-order valence-electron chi connectivity index (χ3n) is 4.36. The van der Waals surface area contributed by atoms with Crippen molar-refractivity contribution in [1.29, 1.82) is 0 Å². The number of Topliss-reactive ketones (excluding diaryl/α,β-unsaturated/α-hetero) is 1. The first-order valence-corrected chi connectivity index (χ1v) is 8.36. The summed E-state index contributed by atoms with van der Waals surface area (Å²) in [7, 11) is 0. The molecule has 126 valence electrons. The smallest absolute Gasteiger partial charge is 0.299 e. The van der Waals surface area contributed by atoms with E-state index in [0.29, 0.717) is 17.8 Å². The molecule has 0 atom stereocenters. The Hall–Kier alpha value is -3.53. The van der Waals surface area contributed by atoms with E-state index in [4.69, 9.17) is 0 Å². The number of rotatable bonds is 4. The van der Waals surface area contributed by atoms with Gasteiger partial charge in [-0.2, -0.15) is 0 Å². The zero-order valence-electron chi connectivity index (χ0n) is 14.0. The number of nitrogens with zero attached hydrogens (tertiary/aromatic N) is 2. The minimum atomic E-state index is -0.485. The molecular weight excluding hydrogens is 324 g/mol. The Kier molecular flexibility index (Phi) is 4.15. The van der Waals surface area contributed by atoms with E-state index in [0.717, 1.165) is 16.7 Å². The maximum Gasteiger partial charge on any atom is 0.299 e. The third kappa shape index (κ3) is 2.93. The second-order valence-electron chi connectivity index (χ2n) is 6.03. The summed E-state index contributed by atoms with van der Waals surface area (Å²) in [6.45, 7) is 0.360. The molecule has 3 aromatic rings. The zero-order chi connectivity index (χ0) is 17.9. The molecule has 0 saturated carbocycles. The highest BCUT2D eigenvalue weighted by molar-refractivity contribution is 6.52. The van der Waals surface area contributed by atoms with Gasteiger partial charge in [0.1, 0.15) is 0 Å². The van der Waals surface area contributed by atoms with Gasteiger partial charge in [0.05, 0.1) is 11.3 Å². The summed E-state index contributed by atoms with van der Waals surface area (Å²) in [6.07, 6.45) is 7.28. The predicted octanol–water partition coefficient (Wildman–Crippen LogP) is 3.99. The van der Waals surface area contributed by atoms with Gasteiger partial charge in [-0.15, -0.1) is 0 Å². The molecule has 0 unspecified atom stereocenters. The summed E-state index contributed by atoms with van der Waals surface area (Å²) in [4.78, 5) is 30.4. The van der Waals surface area contributed by atoms with Gasteiger partial charge in [-0.25, -0.2) is 0 Å². The molecule has 4 rings (SSSR count). The Labute approximate surface area is 151 Å². The molecule has 0 spiro atoms. The van der Waals surface area contributed by atoms with E-state index in [1.54, 1.807) is 18.5 Å². The lowest BCUT2D eigenvalue weighted by atomic mass is 10.0. The van der Waals surface area contributed by atoms with Crippen molar-refractivity contribution >= 4 is 23.5 Å². The highest BCUT2D eigenvalue weighted by atomic mass is 16.2. The minimum absolute atomic E-state index is 0.360. The van der Waals surface area contributed by atoms with Gasteiger partial charge in [-0.05, 0) is 29.3 Å². The minimum Gasteiger partial charge on any atom is -0.301 e. The fourth-order valence-electron chi connectivity index (χ4n) is 3.05. The van der Waals surface area contributed by atoms with Gasteiger partial charge in [-0.1, -0.05) is 54.6 Å².